The minimum Gasteiger partial charge on any atom is -0.385 e. The molecule has 118 valence electrons. The maximum atomic E-state index is 5.23. The van der Waals surface area contributed by atoms with E-state index in [4.69, 9.17) is 4.74 Å². The molecule has 2 fully saturated rings. The van der Waals surface area contributed by atoms with Crippen LogP contribution in [0.15, 0.2) is 0 Å². The molecule has 0 aromatic rings. The van der Waals surface area contributed by atoms with E-state index in [9.17, 15) is 0 Å². The van der Waals surface area contributed by atoms with E-state index >= 15 is 0 Å². The Kier molecular flexibility index (Phi) is 5.53. The summed E-state index contributed by atoms with van der Waals surface area (Å²) in [5.41, 5.74) is 1.11. The first-order valence-electron chi connectivity index (χ1n) is 8.65. The molecule has 2 heteroatoms. The predicted molar refractivity (Wildman–Crippen MR) is 85.9 cm³/mol. The minimum absolute atomic E-state index is 0.511. The van der Waals surface area contributed by atoms with Crippen LogP contribution in [0.1, 0.15) is 65.7 Å². The third-order valence-electron chi connectivity index (χ3n) is 5.80. The van der Waals surface area contributed by atoms with Gasteiger partial charge in [-0.25, -0.2) is 0 Å². The fourth-order valence-corrected chi connectivity index (χ4v) is 3.78. The van der Waals surface area contributed by atoms with Gasteiger partial charge < -0.3 is 10.1 Å². The van der Waals surface area contributed by atoms with Gasteiger partial charge in [0.05, 0.1) is 0 Å². The summed E-state index contributed by atoms with van der Waals surface area (Å²) in [6.45, 7) is 10.6. The Balaban J connectivity index is 1.60. The molecule has 1 N–H and O–H groups in total. The molecule has 0 atom stereocenters. The SMILES string of the molecule is COCCC1(CNCC2CCC(C(C)(C)C)CC2)CC1. The molecule has 20 heavy (non-hydrogen) atoms. The average Bonchev–Trinajstić information content (AvgIpc) is 3.16. The highest BCUT2D eigenvalue weighted by Crippen LogP contribution is 2.48. The lowest BCUT2D eigenvalue weighted by Crippen LogP contribution is -2.33. The van der Waals surface area contributed by atoms with Crippen molar-refractivity contribution in [1.29, 1.82) is 0 Å². The summed E-state index contributed by atoms with van der Waals surface area (Å²) in [7, 11) is 1.82. The van der Waals surface area contributed by atoms with Crippen molar-refractivity contribution >= 4 is 0 Å². The van der Waals surface area contributed by atoms with Gasteiger partial charge in [-0.3, -0.25) is 0 Å². The summed E-state index contributed by atoms with van der Waals surface area (Å²) >= 11 is 0. The fourth-order valence-electron chi connectivity index (χ4n) is 3.78. The molecule has 2 nitrogen and oxygen atoms in total. The van der Waals surface area contributed by atoms with Gasteiger partial charge in [-0.2, -0.15) is 0 Å². The van der Waals surface area contributed by atoms with Crippen LogP contribution in [0.4, 0.5) is 0 Å². The summed E-state index contributed by atoms with van der Waals surface area (Å²) < 4.78 is 5.23. The van der Waals surface area contributed by atoms with E-state index in [1.807, 2.05) is 7.11 Å². The lowest BCUT2D eigenvalue weighted by Gasteiger charge is -2.37. The van der Waals surface area contributed by atoms with Crippen molar-refractivity contribution in [3.8, 4) is 0 Å². The maximum absolute atomic E-state index is 5.23. The van der Waals surface area contributed by atoms with Gasteiger partial charge >= 0.3 is 0 Å². The van der Waals surface area contributed by atoms with Crippen molar-refractivity contribution in [2.45, 2.75) is 65.7 Å². The molecule has 0 bridgehead atoms. The zero-order valence-electron chi connectivity index (χ0n) is 14.1. The van der Waals surface area contributed by atoms with Crippen LogP contribution in [0.5, 0.6) is 0 Å². The molecule has 0 heterocycles. The number of hydrogen-bond acceptors (Lipinski definition) is 2. The van der Waals surface area contributed by atoms with E-state index in [0.717, 1.165) is 18.4 Å². The second-order valence-electron chi connectivity index (χ2n) is 8.46. The van der Waals surface area contributed by atoms with E-state index in [1.165, 1.54) is 58.0 Å². The molecular formula is C18H35NO. The largest absolute Gasteiger partial charge is 0.385 e. The smallest absolute Gasteiger partial charge is 0.0468 e. The Bertz CT molecular complexity index is 282. The first-order valence-corrected chi connectivity index (χ1v) is 8.65. The lowest BCUT2D eigenvalue weighted by molar-refractivity contribution is 0.146. The molecule has 0 aliphatic heterocycles. The minimum atomic E-state index is 0.511. The van der Waals surface area contributed by atoms with Crippen molar-refractivity contribution in [2.75, 3.05) is 26.8 Å². The Morgan fingerprint density at radius 3 is 2.25 bits per heavy atom. The van der Waals surface area contributed by atoms with E-state index < -0.39 is 0 Å². The Labute approximate surface area is 126 Å². The number of ether oxygens (including phenoxy) is 1. The highest BCUT2D eigenvalue weighted by Gasteiger charge is 2.41. The van der Waals surface area contributed by atoms with Crippen molar-refractivity contribution in [3.05, 3.63) is 0 Å². The van der Waals surface area contributed by atoms with Gasteiger partial charge in [0, 0.05) is 20.3 Å². The molecule has 0 spiro atoms. The number of rotatable bonds is 7. The van der Waals surface area contributed by atoms with E-state index in [0.29, 0.717) is 10.8 Å². The molecule has 2 rings (SSSR count). The number of hydrogen-bond donors (Lipinski definition) is 1. The normalized spacial score (nSPS) is 29.4. The summed E-state index contributed by atoms with van der Waals surface area (Å²) in [6, 6.07) is 0. The van der Waals surface area contributed by atoms with Gasteiger partial charge in [-0.1, -0.05) is 20.8 Å². The van der Waals surface area contributed by atoms with Gasteiger partial charge in [0.2, 0.25) is 0 Å². The second-order valence-corrected chi connectivity index (χ2v) is 8.46. The van der Waals surface area contributed by atoms with Crippen LogP contribution in [0.3, 0.4) is 0 Å². The summed E-state index contributed by atoms with van der Waals surface area (Å²) in [4.78, 5) is 0. The van der Waals surface area contributed by atoms with Crippen molar-refractivity contribution in [3.63, 3.8) is 0 Å². The molecule has 0 amide bonds. The second kappa shape index (κ2) is 6.79. The maximum Gasteiger partial charge on any atom is 0.0468 e. The Hall–Kier alpha value is -0.0800. The molecule has 2 saturated carbocycles. The van der Waals surface area contributed by atoms with E-state index in [-0.39, 0.29) is 0 Å². The Morgan fingerprint density at radius 1 is 1.10 bits per heavy atom. The van der Waals surface area contributed by atoms with Crippen LogP contribution in [-0.2, 0) is 4.74 Å². The zero-order chi connectivity index (χ0) is 14.6. The van der Waals surface area contributed by atoms with Gasteiger partial charge in [-0.15, -0.1) is 0 Å². The molecule has 0 saturated heterocycles. The molecule has 0 unspecified atom stereocenters. The summed E-state index contributed by atoms with van der Waals surface area (Å²) in [5, 5.41) is 3.76. The third kappa shape index (κ3) is 4.73. The topological polar surface area (TPSA) is 21.3 Å². The van der Waals surface area contributed by atoms with Gasteiger partial charge in [0.15, 0.2) is 0 Å². The molecule has 0 aromatic carbocycles. The molecule has 0 radical (unpaired) electrons. The van der Waals surface area contributed by atoms with Crippen molar-refractivity contribution in [1.82, 2.24) is 5.32 Å². The highest BCUT2D eigenvalue weighted by molar-refractivity contribution is 4.94. The van der Waals surface area contributed by atoms with Crippen molar-refractivity contribution < 1.29 is 4.74 Å². The third-order valence-corrected chi connectivity index (χ3v) is 5.80. The number of nitrogens with one attached hydrogen (secondary N) is 1. The van der Waals surface area contributed by atoms with Crippen LogP contribution in [0.2, 0.25) is 0 Å². The first-order chi connectivity index (χ1) is 9.45. The first kappa shape index (κ1) is 16.3. The molecule has 2 aliphatic rings. The summed E-state index contributed by atoms with van der Waals surface area (Å²) in [6.07, 6.45) is 9.78. The molecule has 0 aromatic heterocycles. The zero-order valence-corrected chi connectivity index (χ0v) is 14.1. The van der Waals surface area contributed by atoms with E-state index in [2.05, 4.69) is 26.1 Å². The summed E-state index contributed by atoms with van der Waals surface area (Å²) in [5.74, 6) is 1.86. The standard InChI is InChI=1S/C18H35NO/c1-17(2,3)16-7-5-15(6-8-16)13-19-14-18(9-10-18)11-12-20-4/h15-16,19H,5-14H2,1-4H3. The average molecular weight is 281 g/mol. The predicted octanol–water partition coefficient (Wildman–Crippen LogP) is 4.25. The lowest BCUT2D eigenvalue weighted by atomic mass is 9.70. The van der Waals surface area contributed by atoms with Crippen LogP contribution in [-0.4, -0.2) is 26.8 Å². The number of methoxy groups -OCH3 is 1. The van der Waals surface area contributed by atoms with Gasteiger partial charge in [-0.05, 0) is 74.2 Å². The quantitative estimate of drug-likeness (QED) is 0.753. The van der Waals surface area contributed by atoms with Crippen LogP contribution < -0.4 is 5.32 Å². The van der Waals surface area contributed by atoms with Gasteiger partial charge in [0.25, 0.3) is 0 Å². The fraction of sp³-hybridized carbons (Fsp3) is 1.00. The highest BCUT2D eigenvalue weighted by atomic mass is 16.5. The Morgan fingerprint density at radius 2 is 1.75 bits per heavy atom. The van der Waals surface area contributed by atoms with E-state index in [1.54, 1.807) is 0 Å². The molecular weight excluding hydrogens is 246 g/mol. The van der Waals surface area contributed by atoms with Gasteiger partial charge in [0.1, 0.15) is 0 Å². The molecule has 2 aliphatic carbocycles. The van der Waals surface area contributed by atoms with Crippen LogP contribution in [0.25, 0.3) is 0 Å². The van der Waals surface area contributed by atoms with Crippen LogP contribution >= 0.6 is 0 Å². The van der Waals surface area contributed by atoms with Crippen LogP contribution in [0, 0.1) is 22.7 Å². The monoisotopic (exact) mass is 281 g/mol. The van der Waals surface area contributed by atoms with Crippen molar-refractivity contribution in [2.24, 2.45) is 22.7 Å².